The quantitative estimate of drug-likeness (QED) is 0.726. The van der Waals surface area contributed by atoms with E-state index < -0.39 is 17.6 Å². The van der Waals surface area contributed by atoms with Gasteiger partial charge >= 0.3 is 11.7 Å². The Morgan fingerprint density at radius 3 is 2.52 bits per heavy atom. The van der Waals surface area contributed by atoms with E-state index in [-0.39, 0.29) is 5.69 Å². The summed E-state index contributed by atoms with van der Waals surface area (Å²) in [6.07, 6.45) is 2.04. The standard InChI is InChI=1S/C14H15N3O4/c1-2-7-21-13(19)9-3-5-10(6-4-9)16-12(18)11-8-15-14(20)17-11/h3-6,8H,2,7H2,1H3,(H,16,18)(H2,15,17,20). The highest BCUT2D eigenvalue weighted by atomic mass is 16.5. The highest BCUT2D eigenvalue weighted by molar-refractivity contribution is 6.02. The minimum absolute atomic E-state index is 0.131. The molecule has 0 unspecified atom stereocenters. The van der Waals surface area contributed by atoms with E-state index in [4.69, 9.17) is 4.74 Å². The smallest absolute Gasteiger partial charge is 0.338 e. The van der Waals surface area contributed by atoms with E-state index in [2.05, 4.69) is 15.3 Å². The molecule has 0 atom stereocenters. The lowest BCUT2D eigenvalue weighted by atomic mass is 10.2. The van der Waals surface area contributed by atoms with Crippen LogP contribution in [0.2, 0.25) is 0 Å². The number of aromatic amines is 2. The van der Waals surface area contributed by atoms with Crippen molar-refractivity contribution in [3.8, 4) is 0 Å². The van der Waals surface area contributed by atoms with Gasteiger partial charge in [0.25, 0.3) is 5.91 Å². The van der Waals surface area contributed by atoms with E-state index in [1.807, 2.05) is 6.92 Å². The molecule has 110 valence electrons. The van der Waals surface area contributed by atoms with E-state index in [1.54, 1.807) is 24.3 Å². The van der Waals surface area contributed by atoms with Crippen LogP contribution < -0.4 is 11.0 Å². The molecule has 21 heavy (non-hydrogen) atoms. The molecule has 0 saturated carbocycles. The zero-order valence-electron chi connectivity index (χ0n) is 11.4. The zero-order valence-corrected chi connectivity index (χ0v) is 11.4. The van der Waals surface area contributed by atoms with Crippen molar-refractivity contribution in [2.24, 2.45) is 0 Å². The second-order valence-electron chi connectivity index (χ2n) is 4.32. The van der Waals surface area contributed by atoms with Crippen molar-refractivity contribution in [2.75, 3.05) is 11.9 Å². The second kappa shape index (κ2) is 6.56. The number of nitrogens with one attached hydrogen (secondary N) is 3. The van der Waals surface area contributed by atoms with Gasteiger partial charge in [-0.15, -0.1) is 0 Å². The van der Waals surface area contributed by atoms with Gasteiger partial charge < -0.3 is 20.0 Å². The summed E-state index contributed by atoms with van der Waals surface area (Å²) in [6.45, 7) is 2.29. The summed E-state index contributed by atoms with van der Waals surface area (Å²) in [5.74, 6) is -0.848. The summed E-state index contributed by atoms with van der Waals surface area (Å²) in [4.78, 5) is 39.0. The number of esters is 1. The number of aromatic nitrogens is 2. The summed E-state index contributed by atoms with van der Waals surface area (Å²) in [6, 6.07) is 6.30. The number of H-pyrrole nitrogens is 2. The minimum atomic E-state index is -0.450. The first-order valence-corrected chi connectivity index (χ1v) is 6.46. The Bertz CT molecular complexity index is 685. The molecule has 0 saturated heterocycles. The van der Waals surface area contributed by atoms with Crippen molar-refractivity contribution in [1.82, 2.24) is 9.97 Å². The van der Waals surface area contributed by atoms with Crippen molar-refractivity contribution in [3.63, 3.8) is 0 Å². The Kier molecular flexibility index (Phi) is 4.55. The van der Waals surface area contributed by atoms with Crippen molar-refractivity contribution >= 4 is 17.6 Å². The third-order valence-corrected chi connectivity index (χ3v) is 2.66. The number of anilines is 1. The lowest BCUT2D eigenvalue weighted by molar-refractivity contribution is 0.0505. The molecule has 7 nitrogen and oxygen atoms in total. The van der Waals surface area contributed by atoms with Crippen LogP contribution in [0.3, 0.4) is 0 Å². The van der Waals surface area contributed by atoms with Gasteiger partial charge in [0.15, 0.2) is 0 Å². The Labute approximate surface area is 120 Å². The van der Waals surface area contributed by atoms with Gasteiger partial charge in [0.1, 0.15) is 5.69 Å². The fourth-order valence-corrected chi connectivity index (χ4v) is 1.62. The van der Waals surface area contributed by atoms with Crippen molar-refractivity contribution in [1.29, 1.82) is 0 Å². The molecule has 0 aliphatic carbocycles. The van der Waals surface area contributed by atoms with Crippen LogP contribution in [0.5, 0.6) is 0 Å². The highest BCUT2D eigenvalue weighted by Gasteiger charge is 2.10. The number of hydrogen-bond acceptors (Lipinski definition) is 4. The summed E-state index contributed by atoms with van der Waals surface area (Å²) < 4.78 is 5.00. The number of imidazole rings is 1. The minimum Gasteiger partial charge on any atom is -0.462 e. The molecule has 0 bridgehead atoms. The van der Waals surface area contributed by atoms with Crippen molar-refractivity contribution in [2.45, 2.75) is 13.3 Å². The van der Waals surface area contributed by atoms with Crippen LogP contribution in [-0.4, -0.2) is 28.5 Å². The van der Waals surface area contributed by atoms with Crippen LogP contribution in [0.1, 0.15) is 34.2 Å². The number of carbonyl (C=O) groups excluding carboxylic acids is 2. The van der Waals surface area contributed by atoms with Gasteiger partial charge in [-0.3, -0.25) is 4.79 Å². The molecule has 0 radical (unpaired) electrons. The van der Waals surface area contributed by atoms with E-state index in [0.29, 0.717) is 17.9 Å². The fourth-order valence-electron chi connectivity index (χ4n) is 1.62. The Morgan fingerprint density at radius 2 is 1.95 bits per heavy atom. The molecule has 1 amide bonds. The van der Waals surface area contributed by atoms with Gasteiger partial charge in [-0.1, -0.05) is 6.92 Å². The van der Waals surface area contributed by atoms with Crippen molar-refractivity contribution in [3.05, 3.63) is 52.2 Å². The van der Waals surface area contributed by atoms with E-state index in [9.17, 15) is 14.4 Å². The summed E-state index contributed by atoms with van der Waals surface area (Å²) >= 11 is 0. The Morgan fingerprint density at radius 1 is 1.24 bits per heavy atom. The maximum atomic E-state index is 11.8. The van der Waals surface area contributed by atoms with Crippen LogP contribution >= 0.6 is 0 Å². The topological polar surface area (TPSA) is 104 Å². The average Bonchev–Trinajstić information content (AvgIpc) is 2.92. The molecule has 2 aromatic rings. The molecule has 7 heteroatoms. The number of benzene rings is 1. The molecule has 2 rings (SSSR count). The van der Waals surface area contributed by atoms with Gasteiger partial charge in [-0.25, -0.2) is 9.59 Å². The monoisotopic (exact) mass is 289 g/mol. The third-order valence-electron chi connectivity index (χ3n) is 2.66. The average molecular weight is 289 g/mol. The molecule has 1 aromatic carbocycles. The lowest BCUT2D eigenvalue weighted by Crippen LogP contribution is -2.14. The highest BCUT2D eigenvalue weighted by Crippen LogP contribution is 2.11. The van der Waals surface area contributed by atoms with Gasteiger partial charge in [0, 0.05) is 11.9 Å². The molecule has 0 fully saturated rings. The first kappa shape index (κ1) is 14.6. The van der Waals surface area contributed by atoms with E-state index in [1.165, 1.54) is 6.20 Å². The second-order valence-corrected chi connectivity index (χ2v) is 4.32. The van der Waals surface area contributed by atoms with Crippen LogP contribution in [-0.2, 0) is 4.74 Å². The van der Waals surface area contributed by atoms with Gasteiger partial charge in [0.2, 0.25) is 0 Å². The first-order valence-electron chi connectivity index (χ1n) is 6.46. The molecular formula is C14H15N3O4. The Hall–Kier alpha value is -2.83. The lowest BCUT2D eigenvalue weighted by Gasteiger charge is -2.05. The first-order chi connectivity index (χ1) is 10.1. The predicted molar refractivity (Wildman–Crippen MR) is 76.4 cm³/mol. The third kappa shape index (κ3) is 3.82. The van der Waals surface area contributed by atoms with E-state index >= 15 is 0 Å². The molecule has 1 aromatic heterocycles. The fraction of sp³-hybridized carbons (Fsp3) is 0.214. The van der Waals surface area contributed by atoms with Crippen molar-refractivity contribution < 1.29 is 14.3 Å². The maximum absolute atomic E-state index is 11.8. The van der Waals surface area contributed by atoms with Gasteiger partial charge in [-0.05, 0) is 30.7 Å². The molecule has 1 heterocycles. The summed E-state index contributed by atoms with van der Waals surface area (Å²) in [5, 5.41) is 2.60. The number of amides is 1. The Balaban J connectivity index is 2.00. The zero-order chi connectivity index (χ0) is 15.2. The van der Waals surface area contributed by atoms with Crippen LogP contribution in [0.4, 0.5) is 5.69 Å². The molecule has 0 aliphatic heterocycles. The predicted octanol–water partition coefficient (Wildman–Crippen LogP) is 1.52. The van der Waals surface area contributed by atoms with Gasteiger partial charge in [-0.2, -0.15) is 0 Å². The normalized spacial score (nSPS) is 10.1. The van der Waals surface area contributed by atoms with Crippen LogP contribution in [0.25, 0.3) is 0 Å². The van der Waals surface area contributed by atoms with Gasteiger partial charge in [0.05, 0.1) is 12.2 Å². The number of carbonyl (C=O) groups is 2. The molecule has 0 spiro atoms. The maximum Gasteiger partial charge on any atom is 0.338 e. The summed E-state index contributed by atoms with van der Waals surface area (Å²) in [7, 11) is 0. The van der Waals surface area contributed by atoms with Crippen LogP contribution in [0.15, 0.2) is 35.3 Å². The number of ether oxygens (including phenoxy) is 1. The number of hydrogen-bond donors (Lipinski definition) is 3. The SMILES string of the molecule is CCCOC(=O)c1ccc(NC(=O)c2c[nH]c(=O)[nH]2)cc1. The van der Waals surface area contributed by atoms with E-state index in [0.717, 1.165) is 6.42 Å². The molecule has 3 N–H and O–H groups in total. The molecular weight excluding hydrogens is 274 g/mol. The molecule has 0 aliphatic rings. The summed E-state index contributed by atoms with van der Waals surface area (Å²) in [5.41, 5.74) is 0.603. The number of rotatable bonds is 5. The largest absolute Gasteiger partial charge is 0.462 e. The van der Waals surface area contributed by atoms with Crippen LogP contribution in [0, 0.1) is 0 Å².